The zero-order valence-corrected chi connectivity index (χ0v) is 16.1. The first-order valence-corrected chi connectivity index (χ1v) is 9.48. The number of nitrogens with zero attached hydrogens (tertiary/aromatic N) is 3. The van der Waals surface area contributed by atoms with Crippen LogP contribution < -0.4 is 0 Å². The third kappa shape index (κ3) is 3.99. The van der Waals surface area contributed by atoms with Gasteiger partial charge in [-0.15, -0.1) is 0 Å². The Morgan fingerprint density at radius 1 is 1.20 bits per heavy atom. The highest BCUT2D eigenvalue weighted by Gasteiger charge is 2.16. The van der Waals surface area contributed by atoms with Crippen LogP contribution in [0.15, 0.2) is 80.9 Å². The van der Waals surface area contributed by atoms with E-state index in [9.17, 15) is 20.2 Å². The first kappa shape index (κ1) is 19.2. The Morgan fingerprint density at radius 3 is 2.80 bits per heavy atom. The normalized spacial score (nSPS) is 11.4. The molecule has 4 aromatic rings. The van der Waals surface area contributed by atoms with E-state index >= 15 is 0 Å². The maximum Gasteiger partial charge on any atom is 0.270 e. The molecule has 8 nitrogen and oxygen atoms in total. The van der Waals surface area contributed by atoms with Gasteiger partial charge in [0.05, 0.1) is 16.0 Å². The molecule has 0 spiro atoms. The second-order valence-corrected chi connectivity index (χ2v) is 7.12. The lowest BCUT2D eigenvalue weighted by molar-refractivity contribution is -0.384. The fourth-order valence-corrected chi connectivity index (χ4v) is 3.52. The number of imidazole rings is 1. The highest BCUT2D eigenvalue weighted by molar-refractivity contribution is 7.99. The third-order valence-corrected chi connectivity index (χ3v) is 4.95. The van der Waals surface area contributed by atoms with Crippen LogP contribution in [0.4, 0.5) is 5.69 Å². The standard InChI is InChI=1S/C21H12N4O4S/c22-12-14(20(26)13-4-3-5-15(10-13)25(27)28)11-16-8-9-19(29-16)30-21-23-17-6-1-2-7-18(17)24-21/h1-11H,(H,23,24)/b14-11+. The van der Waals surface area contributed by atoms with Crippen LogP contribution in [0.5, 0.6) is 0 Å². The van der Waals surface area contributed by atoms with Crippen LogP contribution in [0.3, 0.4) is 0 Å². The summed E-state index contributed by atoms with van der Waals surface area (Å²) in [4.78, 5) is 30.5. The van der Waals surface area contributed by atoms with E-state index in [2.05, 4.69) is 9.97 Å². The van der Waals surface area contributed by atoms with Gasteiger partial charge in [0.2, 0.25) is 5.78 Å². The molecule has 4 rings (SSSR count). The number of nitro benzene ring substituents is 1. The zero-order valence-electron chi connectivity index (χ0n) is 15.2. The van der Waals surface area contributed by atoms with Crippen LogP contribution in [0.1, 0.15) is 16.1 Å². The molecule has 0 unspecified atom stereocenters. The first-order chi connectivity index (χ1) is 14.5. The van der Waals surface area contributed by atoms with Gasteiger partial charge >= 0.3 is 0 Å². The number of fused-ring (bicyclic) bond motifs is 1. The smallest absolute Gasteiger partial charge is 0.270 e. The summed E-state index contributed by atoms with van der Waals surface area (Å²) in [6.45, 7) is 0. The minimum absolute atomic E-state index is 0.0560. The van der Waals surface area contributed by atoms with E-state index in [0.717, 1.165) is 17.1 Å². The lowest BCUT2D eigenvalue weighted by Crippen LogP contribution is -2.02. The van der Waals surface area contributed by atoms with Crippen molar-refractivity contribution >= 4 is 40.3 Å². The first-order valence-electron chi connectivity index (χ1n) is 8.67. The number of aromatic nitrogens is 2. The highest BCUT2D eigenvalue weighted by Crippen LogP contribution is 2.29. The molecule has 0 aliphatic heterocycles. The number of nitriles is 1. The van der Waals surface area contributed by atoms with E-state index in [1.807, 2.05) is 30.3 Å². The van der Waals surface area contributed by atoms with Crippen LogP contribution in [0.2, 0.25) is 0 Å². The molecule has 0 amide bonds. The Morgan fingerprint density at radius 2 is 2.03 bits per heavy atom. The van der Waals surface area contributed by atoms with Crippen molar-refractivity contribution in [3.63, 3.8) is 0 Å². The molecule has 0 atom stereocenters. The summed E-state index contributed by atoms with van der Waals surface area (Å²) in [5, 5.41) is 21.5. The number of hydrogen-bond acceptors (Lipinski definition) is 7. The lowest BCUT2D eigenvalue weighted by Gasteiger charge is -1.99. The Kier molecular flexibility index (Phi) is 5.15. The Bertz CT molecular complexity index is 1310. The fourth-order valence-electron chi connectivity index (χ4n) is 2.75. The number of Topliss-reactive ketones (excluding diaryl/α,β-unsaturated/α-hetero) is 1. The fraction of sp³-hybridized carbons (Fsp3) is 0. The number of carbonyl (C=O) groups excluding carboxylic acids is 1. The van der Waals surface area contributed by atoms with Gasteiger partial charge in [-0.2, -0.15) is 5.26 Å². The number of para-hydroxylation sites is 2. The Labute approximate surface area is 174 Å². The van der Waals surface area contributed by atoms with Crippen LogP contribution >= 0.6 is 11.8 Å². The van der Waals surface area contributed by atoms with Gasteiger partial charge in [-0.1, -0.05) is 24.3 Å². The van der Waals surface area contributed by atoms with Crippen molar-refractivity contribution in [2.75, 3.05) is 0 Å². The number of rotatable bonds is 6. The topological polar surface area (TPSA) is 126 Å². The molecule has 0 bridgehead atoms. The van der Waals surface area contributed by atoms with Crippen molar-refractivity contribution in [3.8, 4) is 6.07 Å². The van der Waals surface area contributed by atoms with Gasteiger partial charge in [-0.3, -0.25) is 14.9 Å². The molecule has 1 N–H and O–H groups in total. The van der Waals surface area contributed by atoms with Gasteiger partial charge in [0, 0.05) is 23.8 Å². The maximum atomic E-state index is 12.6. The van der Waals surface area contributed by atoms with E-state index in [0.29, 0.717) is 16.0 Å². The summed E-state index contributed by atoms with van der Waals surface area (Å²) in [7, 11) is 0. The molecule has 2 aromatic carbocycles. The minimum Gasteiger partial charge on any atom is -0.450 e. The van der Waals surface area contributed by atoms with Gasteiger partial charge in [-0.05, 0) is 36.0 Å². The third-order valence-electron chi connectivity index (χ3n) is 4.14. The quantitative estimate of drug-likeness (QED) is 0.154. The monoisotopic (exact) mass is 416 g/mol. The van der Waals surface area contributed by atoms with Gasteiger partial charge in [-0.25, -0.2) is 4.98 Å². The molecule has 0 fully saturated rings. The SMILES string of the molecule is N#C/C(=C\c1ccc(Sc2nc3ccccc3[nH]2)o1)C(=O)c1cccc([N+](=O)[O-])c1. The van der Waals surface area contributed by atoms with Crippen molar-refractivity contribution in [2.24, 2.45) is 0 Å². The minimum atomic E-state index is -0.621. The maximum absolute atomic E-state index is 12.6. The second kappa shape index (κ2) is 8.06. The van der Waals surface area contributed by atoms with Crippen molar-refractivity contribution in [1.29, 1.82) is 5.26 Å². The summed E-state index contributed by atoms with van der Waals surface area (Å²) < 4.78 is 5.68. The van der Waals surface area contributed by atoms with Crippen molar-refractivity contribution < 1.29 is 14.1 Å². The second-order valence-electron chi connectivity index (χ2n) is 6.12. The summed E-state index contributed by atoms with van der Waals surface area (Å²) in [6.07, 6.45) is 1.31. The number of aromatic amines is 1. The lowest BCUT2D eigenvalue weighted by atomic mass is 10.0. The molecule has 2 aromatic heterocycles. The van der Waals surface area contributed by atoms with Gasteiger partial charge < -0.3 is 9.40 Å². The van der Waals surface area contributed by atoms with Crippen molar-refractivity contribution in [1.82, 2.24) is 9.97 Å². The van der Waals surface area contributed by atoms with E-state index in [1.165, 1.54) is 36.0 Å². The number of H-pyrrole nitrogens is 1. The summed E-state index contributed by atoms with van der Waals surface area (Å²) in [5.41, 5.74) is 1.38. The number of carbonyl (C=O) groups is 1. The molecular weight excluding hydrogens is 404 g/mol. The zero-order chi connectivity index (χ0) is 21.1. The predicted molar refractivity (Wildman–Crippen MR) is 110 cm³/mol. The summed E-state index contributed by atoms with van der Waals surface area (Å²) >= 11 is 1.27. The van der Waals surface area contributed by atoms with E-state index in [4.69, 9.17) is 4.42 Å². The number of furan rings is 1. The van der Waals surface area contributed by atoms with Crippen molar-refractivity contribution in [2.45, 2.75) is 10.2 Å². The van der Waals surface area contributed by atoms with Gasteiger partial charge in [0.1, 0.15) is 17.4 Å². The molecule has 30 heavy (non-hydrogen) atoms. The average Bonchev–Trinajstić information content (AvgIpc) is 3.37. The van der Waals surface area contributed by atoms with Crippen LogP contribution in [0, 0.1) is 21.4 Å². The number of non-ortho nitro benzene ring substituents is 1. The molecule has 0 saturated heterocycles. The van der Waals surface area contributed by atoms with E-state index in [1.54, 1.807) is 12.1 Å². The predicted octanol–water partition coefficient (Wildman–Crippen LogP) is 5.01. The number of nitrogens with one attached hydrogen (secondary N) is 1. The van der Waals surface area contributed by atoms with Crippen LogP contribution in [-0.4, -0.2) is 20.7 Å². The van der Waals surface area contributed by atoms with Gasteiger partial charge in [0.15, 0.2) is 10.2 Å². The van der Waals surface area contributed by atoms with Gasteiger partial charge in [0.25, 0.3) is 5.69 Å². The van der Waals surface area contributed by atoms with Crippen molar-refractivity contribution in [3.05, 3.63) is 87.7 Å². The van der Waals surface area contributed by atoms with Crippen LogP contribution in [-0.2, 0) is 0 Å². The molecular formula is C21H12N4O4S. The number of allylic oxidation sites excluding steroid dienone is 1. The van der Waals surface area contributed by atoms with Crippen LogP contribution in [0.25, 0.3) is 17.1 Å². The molecule has 0 radical (unpaired) electrons. The number of benzene rings is 2. The molecule has 146 valence electrons. The summed E-state index contributed by atoms with van der Waals surface area (Å²) in [6, 6.07) is 18.0. The molecule has 2 heterocycles. The Hall–Kier alpha value is -4.16. The number of ketones is 1. The number of nitro groups is 1. The Balaban J connectivity index is 1.55. The molecule has 0 aliphatic carbocycles. The summed E-state index contributed by atoms with van der Waals surface area (Å²) in [5.74, 6) is -0.312. The number of hydrogen-bond donors (Lipinski definition) is 1. The largest absolute Gasteiger partial charge is 0.450 e. The average molecular weight is 416 g/mol. The molecule has 0 aliphatic rings. The highest BCUT2D eigenvalue weighted by atomic mass is 32.2. The van der Waals surface area contributed by atoms with E-state index in [-0.39, 0.29) is 16.8 Å². The van der Waals surface area contributed by atoms with E-state index < -0.39 is 10.7 Å². The molecule has 0 saturated carbocycles. The molecule has 9 heteroatoms.